The summed E-state index contributed by atoms with van der Waals surface area (Å²) in [7, 11) is 0. The van der Waals surface area contributed by atoms with Crippen LogP contribution in [0.1, 0.15) is 0 Å². The van der Waals surface area contributed by atoms with Crippen LogP contribution in [0.15, 0.2) is 77.2 Å². The molecule has 4 aromatic rings. The fourth-order valence-electron chi connectivity index (χ4n) is 3.58. The fourth-order valence-corrected chi connectivity index (χ4v) is 5.44. The van der Waals surface area contributed by atoms with Gasteiger partial charge in [0.25, 0.3) is 5.56 Å². The van der Waals surface area contributed by atoms with E-state index in [1.54, 1.807) is 28.8 Å². The van der Waals surface area contributed by atoms with E-state index in [2.05, 4.69) is 11.9 Å². The molecule has 0 saturated heterocycles. The number of aromatic nitrogens is 2. The van der Waals surface area contributed by atoms with Gasteiger partial charge in [-0.05, 0) is 23.8 Å². The van der Waals surface area contributed by atoms with Crippen molar-refractivity contribution in [1.29, 1.82) is 0 Å². The van der Waals surface area contributed by atoms with E-state index >= 15 is 0 Å². The number of rotatable bonds is 7. The number of ether oxygens (including phenoxy) is 2. The van der Waals surface area contributed by atoms with Gasteiger partial charge in [-0.25, -0.2) is 4.98 Å². The zero-order valence-electron chi connectivity index (χ0n) is 18.2. The van der Waals surface area contributed by atoms with Crippen LogP contribution < -0.4 is 20.3 Å². The summed E-state index contributed by atoms with van der Waals surface area (Å²) in [6, 6.07) is 17.1. The van der Waals surface area contributed by atoms with Crippen molar-refractivity contribution in [1.82, 2.24) is 9.55 Å². The number of nitrogens with one attached hydrogen (secondary N) is 1. The minimum absolute atomic E-state index is 0.0964. The minimum Gasteiger partial charge on any atom is -0.486 e. The minimum atomic E-state index is -0.212. The van der Waals surface area contributed by atoms with E-state index in [0.29, 0.717) is 52.3 Å². The highest BCUT2D eigenvalue weighted by Gasteiger charge is 2.17. The molecule has 34 heavy (non-hydrogen) atoms. The van der Waals surface area contributed by atoms with Crippen molar-refractivity contribution >= 4 is 44.9 Å². The molecule has 0 atom stereocenters. The van der Waals surface area contributed by atoms with Gasteiger partial charge in [-0.2, -0.15) is 0 Å². The number of allylic oxidation sites excluding steroid dienone is 1. The fraction of sp³-hybridized carbons (Fsp3) is 0.160. The van der Waals surface area contributed by atoms with Crippen molar-refractivity contribution in [3.63, 3.8) is 0 Å². The smallest absolute Gasteiger partial charge is 0.272 e. The van der Waals surface area contributed by atoms with Crippen LogP contribution in [0.2, 0.25) is 0 Å². The number of amides is 1. The Bertz CT molecular complexity index is 1430. The third kappa shape index (κ3) is 4.57. The molecule has 1 aliphatic heterocycles. The molecule has 7 nitrogen and oxygen atoms in total. The molecule has 1 aliphatic rings. The Morgan fingerprint density at radius 1 is 1.15 bits per heavy atom. The highest BCUT2D eigenvalue weighted by Crippen LogP contribution is 2.33. The van der Waals surface area contributed by atoms with Gasteiger partial charge in [0.15, 0.2) is 16.7 Å². The molecule has 9 heteroatoms. The SMILES string of the molecule is C=CCn1c(SCC(=O)Nc2ccc3c(c2)OCCO3)nc2cc(-c3ccccc3)sc2c1=O. The summed E-state index contributed by atoms with van der Waals surface area (Å²) in [5, 5.41) is 3.34. The normalized spacial score (nSPS) is 12.5. The first-order valence-electron chi connectivity index (χ1n) is 10.7. The van der Waals surface area contributed by atoms with Gasteiger partial charge in [-0.3, -0.25) is 14.2 Å². The Labute approximate surface area is 204 Å². The van der Waals surface area contributed by atoms with E-state index in [1.807, 2.05) is 36.4 Å². The van der Waals surface area contributed by atoms with Gasteiger partial charge in [0.2, 0.25) is 5.91 Å². The number of hydrogen-bond acceptors (Lipinski definition) is 7. The summed E-state index contributed by atoms with van der Waals surface area (Å²) >= 11 is 2.64. The largest absolute Gasteiger partial charge is 0.486 e. The molecule has 5 rings (SSSR count). The first-order chi connectivity index (χ1) is 16.6. The summed E-state index contributed by atoms with van der Waals surface area (Å²) < 4.78 is 13.2. The maximum absolute atomic E-state index is 13.2. The van der Waals surface area contributed by atoms with E-state index < -0.39 is 0 Å². The van der Waals surface area contributed by atoms with Gasteiger partial charge in [0.05, 0.1) is 11.3 Å². The van der Waals surface area contributed by atoms with Gasteiger partial charge in [0, 0.05) is 23.2 Å². The van der Waals surface area contributed by atoms with Crippen LogP contribution in [-0.2, 0) is 11.3 Å². The lowest BCUT2D eigenvalue weighted by Crippen LogP contribution is -2.23. The Hall–Kier alpha value is -3.56. The van der Waals surface area contributed by atoms with Crippen molar-refractivity contribution in [3.8, 4) is 21.9 Å². The lowest BCUT2D eigenvalue weighted by Gasteiger charge is -2.19. The average molecular weight is 492 g/mol. The van der Waals surface area contributed by atoms with Gasteiger partial charge in [0.1, 0.15) is 17.9 Å². The number of carbonyl (C=O) groups excluding carboxylic acids is 1. The quantitative estimate of drug-likeness (QED) is 0.227. The maximum atomic E-state index is 13.2. The molecule has 0 saturated carbocycles. The lowest BCUT2D eigenvalue weighted by atomic mass is 10.2. The van der Waals surface area contributed by atoms with Crippen molar-refractivity contribution < 1.29 is 14.3 Å². The number of anilines is 1. The van der Waals surface area contributed by atoms with Gasteiger partial charge < -0.3 is 14.8 Å². The molecule has 0 aliphatic carbocycles. The highest BCUT2D eigenvalue weighted by molar-refractivity contribution is 7.99. The zero-order chi connectivity index (χ0) is 23.5. The first kappa shape index (κ1) is 22.2. The van der Waals surface area contributed by atoms with Gasteiger partial charge in [-0.1, -0.05) is 48.2 Å². The van der Waals surface area contributed by atoms with Crippen molar-refractivity contribution in [2.45, 2.75) is 11.7 Å². The van der Waals surface area contributed by atoms with Crippen LogP contribution in [0.5, 0.6) is 11.5 Å². The molecule has 3 heterocycles. The Morgan fingerprint density at radius 3 is 2.74 bits per heavy atom. The van der Waals surface area contributed by atoms with Crippen LogP contribution in [0, 0.1) is 0 Å². The van der Waals surface area contributed by atoms with Gasteiger partial charge >= 0.3 is 0 Å². The van der Waals surface area contributed by atoms with E-state index in [9.17, 15) is 9.59 Å². The van der Waals surface area contributed by atoms with Crippen molar-refractivity contribution in [2.24, 2.45) is 0 Å². The molecule has 0 radical (unpaired) electrons. The number of benzene rings is 2. The standard InChI is InChI=1S/C25H21N3O4S2/c1-2-10-28-24(30)23-18(14-21(34-23)16-6-4-3-5-7-16)27-25(28)33-15-22(29)26-17-8-9-19-20(13-17)32-12-11-31-19/h2-9,13-14H,1,10-12,15H2,(H,26,29). The van der Waals surface area contributed by atoms with Crippen LogP contribution in [0.4, 0.5) is 5.69 Å². The van der Waals surface area contributed by atoms with E-state index in [4.69, 9.17) is 14.5 Å². The second-order valence-corrected chi connectivity index (χ2v) is 9.48. The number of hydrogen-bond donors (Lipinski definition) is 1. The van der Waals surface area contributed by atoms with E-state index in [0.717, 1.165) is 10.4 Å². The predicted molar refractivity (Wildman–Crippen MR) is 136 cm³/mol. The predicted octanol–water partition coefficient (Wildman–Crippen LogP) is 4.81. The third-order valence-corrected chi connectivity index (χ3v) is 7.26. The Morgan fingerprint density at radius 2 is 1.94 bits per heavy atom. The maximum Gasteiger partial charge on any atom is 0.272 e. The number of nitrogens with zero attached hydrogens (tertiary/aromatic N) is 2. The number of thioether (sulfide) groups is 1. The zero-order valence-corrected chi connectivity index (χ0v) is 19.8. The third-order valence-electron chi connectivity index (χ3n) is 5.13. The number of fused-ring (bicyclic) bond motifs is 2. The summed E-state index contributed by atoms with van der Waals surface area (Å²) in [4.78, 5) is 31.5. The topological polar surface area (TPSA) is 82.5 Å². The molecule has 2 aromatic carbocycles. The molecule has 0 spiro atoms. The average Bonchev–Trinajstić information content (AvgIpc) is 3.30. The second-order valence-electron chi connectivity index (χ2n) is 7.49. The molecule has 172 valence electrons. The Balaban J connectivity index is 1.37. The van der Waals surface area contributed by atoms with Crippen molar-refractivity contribution in [3.05, 3.63) is 77.6 Å². The summed E-state index contributed by atoms with van der Waals surface area (Å²) in [5.74, 6) is 1.15. The molecular weight excluding hydrogens is 470 g/mol. The van der Waals surface area contributed by atoms with Crippen LogP contribution in [0.25, 0.3) is 20.7 Å². The molecule has 2 aromatic heterocycles. The molecule has 1 N–H and O–H groups in total. The summed E-state index contributed by atoms with van der Waals surface area (Å²) in [6.07, 6.45) is 1.65. The number of carbonyl (C=O) groups is 1. The van der Waals surface area contributed by atoms with E-state index in [-0.39, 0.29) is 17.2 Å². The van der Waals surface area contributed by atoms with Crippen LogP contribution in [0.3, 0.4) is 0 Å². The molecule has 0 bridgehead atoms. The molecule has 0 unspecified atom stereocenters. The second kappa shape index (κ2) is 9.74. The summed E-state index contributed by atoms with van der Waals surface area (Å²) in [5.41, 5.74) is 2.15. The van der Waals surface area contributed by atoms with Gasteiger partial charge in [-0.15, -0.1) is 17.9 Å². The molecular formula is C25H21N3O4S2. The van der Waals surface area contributed by atoms with Crippen LogP contribution >= 0.6 is 23.1 Å². The van der Waals surface area contributed by atoms with E-state index in [1.165, 1.54) is 23.1 Å². The summed E-state index contributed by atoms with van der Waals surface area (Å²) in [6.45, 7) is 5.06. The van der Waals surface area contributed by atoms with Crippen LogP contribution in [-0.4, -0.2) is 34.4 Å². The number of thiophene rings is 1. The Kier molecular flexibility index (Phi) is 6.37. The highest BCUT2D eigenvalue weighted by atomic mass is 32.2. The first-order valence-corrected chi connectivity index (χ1v) is 12.5. The lowest BCUT2D eigenvalue weighted by molar-refractivity contribution is -0.113. The molecule has 0 fully saturated rings. The monoisotopic (exact) mass is 491 g/mol. The molecule has 1 amide bonds. The van der Waals surface area contributed by atoms with Crippen molar-refractivity contribution in [2.75, 3.05) is 24.3 Å².